The monoisotopic (exact) mass is 319 g/mol. The molecule has 2 unspecified atom stereocenters. The zero-order valence-corrected chi connectivity index (χ0v) is 14.2. The highest BCUT2D eigenvalue weighted by molar-refractivity contribution is 7.99. The number of amides is 1. The Bertz CT molecular complexity index is 299. The smallest absolute Gasteiger partial charge is 0.407 e. The van der Waals surface area contributed by atoms with Gasteiger partial charge >= 0.3 is 12.1 Å². The second kappa shape index (κ2) is 12.8. The predicted octanol–water partition coefficient (Wildman–Crippen LogP) is 3.53. The number of hydrogen-bond donors (Lipinski definition) is 2. The van der Waals surface area contributed by atoms with Gasteiger partial charge in [0.1, 0.15) is 6.04 Å². The molecule has 21 heavy (non-hydrogen) atoms. The van der Waals surface area contributed by atoms with Gasteiger partial charge in [0.2, 0.25) is 0 Å². The Morgan fingerprint density at radius 1 is 1.24 bits per heavy atom. The molecule has 0 saturated heterocycles. The number of carboxylic acids is 1. The lowest BCUT2D eigenvalue weighted by molar-refractivity contribution is -0.139. The third-order valence-corrected chi connectivity index (χ3v) is 4.27. The molecule has 0 radical (unpaired) electrons. The van der Waals surface area contributed by atoms with Gasteiger partial charge in [0.25, 0.3) is 0 Å². The first-order valence-electron chi connectivity index (χ1n) is 7.78. The molecular weight excluding hydrogens is 290 g/mol. The lowest BCUT2D eigenvalue weighted by Crippen LogP contribution is -2.41. The highest BCUT2D eigenvalue weighted by Crippen LogP contribution is 2.13. The van der Waals surface area contributed by atoms with Crippen LogP contribution in [0.1, 0.15) is 52.9 Å². The fraction of sp³-hybridized carbons (Fsp3) is 0.867. The maximum atomic E-state index is 11.7. The number of hydrogen-bond acceptors (Lipinski definition) is 4. The molecule has 0 aliphatic carbocycles. The maximum Gasteiger partial charge on any atom is 0.407 e. The van der Waals surface area contributed by atoms with Crippen molar-refractivity contribution in [3.8, 4) is 0 Å². The molecule has 0 spiro atoms. The first kappa shape index (κ1) is 20.1. The zero-order valence-electron chi connectivity index (χ0n) is 13.4. The van der Waals surface area contributed by atoms with E-state index in [9.17, 15) is 9.59 Å². The number of aliphatic carboxylic acids is 1. The Labute approximate surface area is 132 Å². The van der Waals surface area contributed by atoms with Crippen LogP contribution in [-0.2, 0) is 9.53 Å². The number of ether oxygens (including phenoxy) is 1. The number of carboxylic acid groups (broad SMARTS) is 1. The molecule has 0 aromatic rings. The molecule has 0 aromatic heterocycles. The molecule has 0 aliphatic heterocycles. The molecule has 2 N–H and O–H groups in total. The van der Waals surface area contributed by atoms with Crippen LogP contribution in [0.3, 0.4) is 0 Å². The van der Waals surface area contributed by atoms with Crippen LogP contribution >= 0.6 is 11.8 Å². The van der Waals surface area contributed by atoms with Gasteiger partial charge in [-0.1, -0.05) is 40.0 Å². The number of thioether (sulfide) groups is 1. The Kier molecular flexibility index (Phi) is 12.2. The van der Waals surface area contributed by atoms with Crippen molar-refractivity contribution in [2.45, 2.75) is 58.9 Å². The summed E-state index contributed by atoms with van der Waals surface area (Å²) in [7, 11) is 0. The third kappa shape index (κ3) is 10.5. The van der Waals surface area contributed by atoms with Crippen LogP contribution in [0.2, 0.25) is 0 Å². The minimum Gasteiger partial charge on any atom is -0.480 e. The van der Waals surface area contributed by atoms with E-state index >= 15 is 0 Å². The van der Waals surface area contributed by atoms with Crippen molar-refractivity contribution in [2.24, 2.45) is 5.92 Å². The highest BCUT2D eigenvalue weighted by Gasteiger charge is 2.20. The predicted molar refractivity (Wildman–Crippen MR) is 86.8 cm³/mol. The van der Waals surface area contributed by atoms with E-state index in [-0.39, 0.29) is 0 Å². The lowest BCUT2D eigenvalue weighted by atomic mass is 10.0. The van der Waals surface area contributed by atoms with Gasteiger partial charge in [-0.15, -0.1) is 0 Å². The van der Waals surface area contributed by atoms with E-state index in [1.165, 1.54) is 0 Å². The Balaban J connectivity index is 4.09. The molecule has 0 saturated carbocycles. The number of carbonyl (C=O) groups is 2. The van der Waals surface area contributed by atoms with Gasteiger partial charge in [0, 0.05) is 0 Å². The maximum absolute atomic E-state index is 11.7. The van der Waals surface area contributed by atoms with E-state index in [1.807, 2.05) is 6.92 Å². The number of alkyl carbamates (subject to hydrolysis) is 1. The lowest BCUT2D eigenvalue weighted by Gasteiger charge is -2.17. The number of unbranched alkanes of at least 4 members (excludes halogenated alkanes) is 1. The van der Waals surface area contributed by atoms with Crippen molar-refractivity contribution in [1.29, 1.82) is 0 Å². The van der Waals surface area contributed by atoms with Crippen LogP contribution in [0.4, 0.5) is 4.79 Å². The summed E-state index contributed by atoms with van der Waals surface area (Å²) in [6.07, 6.45) is 4.03. The van der Waals surface area contributed by atoms with Crippen LogP contribution in [0.15, 0.2) is 0 Å². The van der Waals surface area contributed by atoms with Gasteiger partial charge in [-0.25, -0.2) is 9.59 Å². The average molecular weight is 319 g/mol. The normalized spacial score (nSPS) is 13.5. The zero-order chi connectivity index (χ0) is 16.1. The highest BCUT2D eigenvalue weighted by atomic mass is 32.2. The largest absolute Gasteiger partial charge is 0.480 e. The average Bonchev–Trinajstić information content (AvgIpc) is 2.46. The molecule has 0 bridgehead atoms. The van der Waals surface area contributed by atoms with Gasteiger partial charge < -0.3 is 15.2 Å². The van der Waals surface area contributed by atoms with Crippen LogP contribution in [0, 0.1) is 5.92 Å². The summed E-state index contributed by atoms with van der Waals surface area (Å²) >= 11 is 1.66. The molecule has 2 atom stereocenters. The third-order valence-electron chi connectivity index (χ3n) is 3.34. The minimum atomic E-state index is -1.01. The van der Waals surface area contributed by atoms with Crippen molar-refractivity contribution < 1.29 is 19.4 Å². The van der Waals surface area contributed by atoms with Gasteiger partial charge in [-0.2, -0.15) is 11.8 Å². The summed E-state index contributed by atoms with van der Waals surface area (Å²) in [6, 6.07) is -0.868. The van der Waals surface area contributed by atoms with Crippen LogP contribution in [0.25, 0.3) is 0 Å². The Morgan fingerprint density at radius 2 is 1.95 bits per heavy atom. The fourth-order valence-electron chi connectivity index (χ4n) is 1.88. The SMILES string of the molecule is CCCCC(CC)COC(=O)NC(CCSCC)C(=O)O. The Hall–Kier alpha value is -0.910. The minimum absolute atomic E-state index is 0.356. The topological polar surface area (TPSA) is 75.6 Å². The van der Waals surface area contributed by atoms with Gasteiger partial charge in [0.05, 0.1) is 6.61 Å². The van der Waals surface area contributed by atoms with Crippen molar-refractivity contribution in [3.05, 3.63) is 0 Å². The van der Waals surface area contributed by atoms with Crippen LogP contribution in [-0.4, -0.2) is 41.3 Å². The Morgan fingerprint density at radius 3 is 2.48 bits per heavy atom. The van der Waals surface area contributed by atoms with Crippen molar-refractivity contribution in [3.63, 3.8) is 0 Å². The van der Waals surface area contributed by atoms with Gasteiger partial charge in [-0.3, -0.25) is 0 Å². The van der Waals surface area contributed by atoms with Crippen molar-refractivity contribution >= 4 is 23.8 Å². The van der Waals surface area contributed by atoms with Crippen LogP contribution in [0.5, 0.6) is 0 Å². The first-order valence-corrected chi connectivity index (χ1v) is 8.94. The molecule has 1 amide bonds. The van der Waals surface area contributed by atoms with Crippen molar-refractivity contribution in [1.82, 2.24) is 5.32 Å². The van der Waals surface area contributed by atoms with E-state index < -0.39 is 18.1 Å². The summed E-state index contributed by atoms with van der Waals surface area (Å²) < 4.78 is 5.16. The van der Waals surface area contributed by atoms with Crippen molar-refractivity contribution in [2.75, 3.05) is 18.1 Å². The second-order valence-electron chi connectivity index (χ2n) is 5.04. The standard InChI is InChI=1S/C15H29NO4S/c1-4-7-8-12(5-2)11-20-15(19)16-13(14(17)18)9-10-21-6-3/h12-13H,4-11H2,1-3H3,(H,16,19)(H,17,18). The molecule has 0 aliphatic rings. The summed E-state index contributed by atoms with van der Waals surface area (Å²) in [5.41, 5.74) is 0. The molecule has 0 rings (SSSR count). The quantitative estimate of drug-likeness (QED) is 0.538. The van der Waals surface area contributed by atoms with Crippen LogP contribution < -0.4 is 5.32 Å². The van der Waals surface area contributed by atoms with Gasteiger partial charge in [0.15, 0.2) is 0 Å². The number of carbonyl (C=O) groups excluding carboxylic acids is 1. The summed E-state index contributed by atoms with van der Waals surface area (Å²) in [4.78, 5) is 22.8. The second-order valence-corrected chi connectivity index (χ2v) is 6.43. The first-order chi connectivity index (χ1) is 10.0. The van der Waals surface area contributed by atoms with Gasteiger partial charge in [-0.05, 0) is 30.3 Å². The molecule has 124 valence electrons. The molecule has 0 fully saturated rings. The molecular formula is C15H29NO4S. The summed E-state index contributed by atoms with van der Waals surface area (Å²) in [5, 5.41) is 11.5. The van der Waals surface area contributed by atoms with E-state index in [4.69, 9.17) is 9.84 Å². The van der Waals surface area contributed by atoms with E-state index in [1.54, 1.807) is 11.8 Å². The van der Waals surface area contributed by atoms with E-state index in [0.29, 0.717) is 24.7 Å². The molecule has 0 heterocycles. The van der Waals surface area contributed by atoms with E-state index in [0.717, 1.165) is 31.4 Å². The fourth-order valence-corrected chi connectivity index (χ4v) is 2.57. The summed E-state index contributed by atoms with van der Waals surface area (Å²) in [6.45, 7) is 6.58. The number of nitrogens with one attached hydrogen (secondary N) is 1. The van der Waals surface area contributed by atoms with E-state index in [2.05, 4.69) is 19.2 Å². The summed E-state index contributed by atoms with van der Waals surface area (Å²) in [5.74, 6) is 0.991. The molecule has 6 heteroatoms. The molecule has 5 nitrogen and oxygen atoms in total. The molecule has 0 aromatic carbocycles. The number of rotatable bonds is 12.